The van der Waals surface area contributed by atoms with Crippen molar-refractivity contribution in [1.29, 1.82) is 0 Å². The van der Waals surface area contributed by atoms with Gasteiger partial charge in [-0.25, -0.2) is 4.98 Å². The molecule has 0 radical (unpaired) electrons. The van der Waals surface area contributed by atoms with Crippen molar-refractivity contribution in [2.45, 2.75) is 0 Å². The molecule has 0 atom stereocenters. The smallest absolute Gasteiger partial charge is 0.509 e. The number of pyridine rings is 1. The number of rotatable bonds is 7. The van der Waals surface area contributed by atoms with Crippen LogP contribution in [0.4, 0.5) is 0 Å². The van der Waals surface area contributed by atoms with Gasteiger partial charge in [0.15, 0.2) is 0 Å². The van der Waals surface area contributed by atoms with E-state index in [9.17, 15) is 0 Å². The molecule has 5 nitrogen and oxygen atoms in total. The molecule has 2 heterocycles. The third-order valence-corrected chi connectivity index (χ3v) is 5.72. The summed E-state index contributed by atoms with van der Waals surface area (Å²) in [6.45, 7) is 0. The fraction of sp³-hybridized carbons (Fsp3) is 0. The molecule has 0 fully saturated rings. The van der Waals surface area contributed by atoms with E-state index in [1.807, 2.05) is 73.1 Å². The molecule has 0 amide bonds. The van der Waals surface area contributed by atoms with E-state index in [0.717, 1.165) is 16.8 Å². The van der Waals surface area contributed by atoms with Gasteiger partial charge in [0, 0.05) is 41.3 Å². The largest absolute Gasteiger partial charge is 2.00 e. The van der Waals surface area contributed by atoms with Gasteiger partial charge >= 0.3 is 21.1 Å². The van der Waals surface area contributed by atoms with Crippen LogP contribution in [0.1, 0.15) is 0 Å². The number of hydrogen-bond donors (Lipinski definition) is 0. The minimum absolute atomic E-state index is 0. The Balaban J connectivity index is 0.00000294. The van der Waals surface area contributed by atoms with Crippen molar-refractivity contribution in [2.24, 2.45) is 0 Å². The molecule has 0 aliphatic carbocycles. The van der Waals surface area contributed by atoms with Crippen molar-refractivity contribution in [2.75, 3.05) is 0 Å². The molecule has 6 heteroatoms. The Bertz CT molecular complexity index is 1620. The van der Waals surface area contributed by atoms with Crippen LogP contribution in [0.3, 0.4) is 0 Å². The molecule has 186 valence electrons. The Kier molecular flexibility index (Phi) is 7.77. The molecule has 6 aromatic rings. The van der Waals surface area contributed by atoms with Crippen molar-refractivity contribution in [3.05, 3.63) is 140 Å². The average Bonchev–Trinajstić information content (AvgIpc) is 3.45. The van der Waals surface area contributed by atoms with Crippen molar-refractivity contribution in [3.8, 4) is 51.1 Å². The molecule has 0 saturated heterocycles. The third-order valence-electron chi connectivity index (χ3n) is 5.72. The van der Waals surface area contributed by atoms with Gasteiger partial charge in [0.25, 0.3) is 0 Å². The van der Waals surface area contributed by atoms with Crippen molar-refractivity contribution >= 4 is 0 Å². The van der Waals surface area contributed by atoms with E-state index in [4.69, 9.17) is 9.47 Å². The second kappa shape index (κ2) is 11.7. The van der Waals surface area contributed by atoms with E-state index in [1.165, 1.54) is 11.1 Å². The second-order valence-corrected chi connectivity index (χ2v) is 8.27. The summed E-state index contributed by atoms with van der Waals surface area (Å²) in [5.74, 6) is 2.07. The molecule has 0 unspecified atom stereocenters. The maximum absolute atomic E-state index is 6.01. The van der Waals surface area contributed by atoms with Crippen LogP contribution in [0.25, 0.3) is 27.9 Å². The zero-order valence-corrected chi connectivity index (χ0v) is 22.4. The van der Waals surface area contributed by atoms with Gasteiger partial charge in [-0.2, -0.15) is 17.2 Å². The van der Waals surface area contributed by atoms with E-state index < -0.39 is 0 Å². The van der Waals surface area contributed by atoms with Crippen LogP contribution in [0.2, 0.25) is 0 Å². The fourth-order valence-corrected chi connectivity index (χ4v) is 3.90. The van der Waals surface area contributed by atoms with E-state index in [-0.39, 0.29) is 21.1 Å². The van der Waals surface area contributed by atoms with Crippen molar-refractivity contribution in [3.63, 3.8) is 0 Å². The zero-order valence-electron chi connectivity index (χ0n) is 20.1. The topological polar surface area (TPSA) is 49.2 Å². The normalized spacial score (nSPS) is 10.4. The Morgan fingerprint density at radius 3 is 1.92 bits per heavy atom. The van der Waals surface area contributed by atoms with Crippen LogP contribution >= 0.6 is 0 Å². The standard InChI is InChI=1S/C32H21N3O2.Pt/c1-2-8-24(9-3-1)25-15-17-26(18-16-25)27-22-34-35(23-27)28-10-6-11-29(20-28)36-30-12-7-13-31(21-30)37-32-14-4-5-19-33-32;/h1-19,22-23H;/q-2;+2. The summed E-state index contributed by atoms with van der Waals surface area (Å²) in [6.07, 6.45) is 5.52. The Hall–Kier alpha value is -4.47. The Labute approximate surface area is 235 Å². The van der Waals surface area contributed by atoms with Gasteiger partial charge in [-0.05, 0) is 28.4 Å². The van der Waals surface area contributed by atoms with Gasteiger partial charge in [0.05, 0.1) is 6.20 Å². The molecular formula is C32H21N3O2Pt. The van der Waals surface area contributed by atoms with Crippen LogP contribution in [0.5, 0.6) is 23.1 Å². The summed E-state index contributed by atoms with van der Waals surface area (Å²) < 4.78 is 13.6. The van der Waals surface area contributed by atoms with Crippen LogP contribution < -0.4 is 9.47 Å². The minimum atomic E-state index is 0. The van der Waals surface area contributed by atoms with E-state index >= 15 is 0 Å². The number of ether oxygens (including phenoxy) is 2. The number of hydrogen-bond acceptors (Lipinski definition) is 4. The first-order chi connectivity index (χ1) is 18.3. The monoisotopic (exact) mass is 674 g/mol. The Morgan fingerprint density at radius 2 is 1.18 bits per heavy atom. The molecule has 0 aliphatic rings. The first-order valence-corrected chi connectivity index (χ1v) is 11.8. The van der Waals surface area contributed by atoms with Crippen molar-refractivity contribution < 1.29 is 30.5 Å². The van der Waals surface area contributed by atoms with Gasteiger partial charge < -0.3 is 9.47 Å². The number of benzene rings is 4. The molecule has 38 heavy (non-hydrogen) atoms. The predicted molar refractivity (Wildman–Crippen MR) is 143 cm³/mol. The first-order valence-electron chi connectivity index (χ1n) is 11.8. The van der Waals surface area contributed by atoms with E-state index in [2.05, 4.69) is 58.6 Å². The van der Waals surface area contributed by atoms with Crippen LogP contribution in [-0.4, -0.2) is 14.8 Å². The van der Waals surface area contributed by atoms with Gasteiger partial charge in [-0.15, -0.1) is 30.3 Å². The number of nitrogens with zero attached hydrogens (tertiary/aromatic N) is 3. The summed E-state index contributed by atoms with van der Waals surface area (Å²) >= 11 is 0. The predicted octanol–water partition coefficient (Wildman–Crippen LogP) is 7.78. The van der Waals surface area contributed by atoms with Crippen LogP contribution in [-0.2, 0) is 21.1 Å². The van der Waals surface area contributed by atoms with Gasteiger partial charge in [-0.1, -0.05) is 66.7 Å². The summed E-state index contributed by atoms with van der Waals surface area (Å²) in [5.41, 5.74) is 5.26. The van der Waals surface area contributed by atoms with E-state index in [1.54, 1.807) is 23.0 Å². The maximum Gasteiger partial charge on any atom is 2.00 e. The van der Waals surface area contributed by atoms with Gasteiger partial charge in [0.1, 0.15) is 0 Å². The quantitative estimate of drug-likeness (QED) is 0.162. The molecule has 0 aliphatic heterocycles. The zero-order chi connectivity index (χ0) is 24.9. The number of aromatic nitrogens is 3. The molecule has 0 saturated carbocycles. The Morgan fingerprint density at radius 1 is 0.553 bits per heavy atom. The van der Waals surface area contributed by atoms with Crippen LogP contribution in [0, 0.1) is 12.1 Å². The summed E-state index contributed by atoms with van der Waals surface area (Å²) in [7, 11) is 0. The summed E-state index contributed by atoms with van der Waals surface area (Å²) in [5, 5.41) is 4.55. The molecule has 6 rings (SSSR count). The first kappa shape index (κ1) is 25.2. The summed E-state index contributed by atoms with van der Waals surface area (Å²) in [6, 6.07) is 41.9. The molecule has 0 N–H and O–H groups in total. The molecule has 2 aromatic heterocycles. The average molecular weight is 675 g/mol. The molecule has 0 bridgehead atoms. The fourth-order valence-electron chi connectivity index (χ4n) is 3.90. The SMILES string of the molecule is [Pt+2].[c-]1c(Oc2[c-]c(-n3cc(-c4ccc(-c5ccccc5)cc4)cn3)ccc2)cccc1Oc1ccccn1. The molecular weight excluding hydrogens is 653 g/mol. The third kappa shape index (κ3) is 5.91. The van der Waals surface area contributed by atoms with Gasteiger partial charge in [0.2, 0.25) is 5.88 Å². The minimum Gasteiger partial charge on any atom is -0.509 e. The van der Waals surface area contributed by atoms with Crippen molar-refractivity contribution in [1.82, 2.24) is 14.8 Å². The molecule has 4 aromatic carbocycles. The summed E-state index contributed by atoms with van der Waals surface area (Å²) in [4.78, 5) is 4.18. The van der Waals surface area contributed by atoms with Crippen LogP contribution in [0.15, 0.2) is 128 Å². The van der Waals surface area contributed by atoms with E-state index in [0.29, 0.717) is 23.1 Å². The van der Waals surface area contributed by atoms with Gasteiger partial charge in [-0.3, -0.25) is 4.68 Å². The maximum atomic E-state index is 6.01. The molecule has 0 spiro atoms. The second-order valence-electron chi connectivity index (χ2n) is 8.27.